The van der Waals surface area contributed by atoms with Crippen LogP contribution in [0.2, 0.25) is 0 Å². The van der Waals surface area contributed by atoms with Crippen molar-refractivity contribution in [1.29, 1.82) is 0 Å². The number of nitrogens with zero attached hydrogens (tertiary/aromatic N) is 1. The van der Waals surface area contributed by atoms with Gasteiger partial charge in [0.1, 0.15) is 0 Å². The zero-order valence-corrected chi connectivity index (χ0v) is 12.0. The highest BCUT2D eigenvalue weighted by atomic mass is 16.3. The maximum Gasteiger partial charge on any atom is 0.0586 e. The Morgan fingerprint density at radius 1 is 1.17 bits per heavy atom. The summed E-state index contributed by atoms with van der Waals surface area (Å²) in [5.74, 6) is 0. The number of hydrogen-bond acceptors (Lipinski definition) is 3. The highest BCUT2D eigenvalue weighted by molar-refractivity contribution is 4.90. The average Bonchev–Trinajstić information content (AvgIpc) is 2.40. The van der Waals surface area contributed by atoms with E-state index in [1.54, 1.807) is 0 Å². The number of aliphatic hydroxyl groups excluding tert-OH is 1. The van der Waals surface area contributed by atoms with Crippen LogP contribution in [0.4, 0.5) is 0 Å². The summed E-state index contributed by atoms with van der Waals surface area (Å²) in [7, 11) is 2.08. The Morgan fingerprint density at radius 2 is 1.94 bits per heavy atom. The zero-order valence-electron chi connectivity index (χ0n) is 12.0. The predicted octanol–water partition coefficient (Wildman–Crippen LogP) is 2.00. The Balaban J connectivity index is 1.98. The monoisotopic (exact) mass is 254 g/mol. The van der Waals surface area contributed by atoms with Crippen molar-refractivity contribution in [3.63, 3.8) is 0 Å². The molecule has 1 heterocycles. The van der Waals surface area contributed by atoms with Crippen molar-refractivity contribution in [1.82, 2.24) is 10.2 Å². The van der Waals surface area contributed by atoms with Crippen molar-refractivity contribution in [2.24, 2.45) is 5.41 Å². The lowest BCUT2D eigenvalue weighted by Crippen LogP contribution is -2.50. The van der Waals surface area contributed by atoms with Gasteiger partial charge in [-0.25, -0.2) is 0 Å². The Bertz CT molecular complexity index is 233. The molecule has 1 atom stereocenters. The zero-order chi connectivity index (χ0) is 12.8. The van der Waals surface area contributed by atoms with E-state index >= 15 is 0 Å². The number of hydrogen-bond donors (Lipinski definition) is 2. The van der Waals surface area contributed by atoms with E-state index < -0.39 is 0 Å². The van der Waals surface area contributed by atoms with Gasteiger partial charge in [0.25, 0.3) is 0 Å². The Kier molecular flexibility index (Phi) is 5.46. The molecule has 3 heteroatoms. The van der Waals surface area contributed by atoms with Crippen molar-refractivity contribution in [3.05, 3.63) is 0 Å². The molecule has 0 spiro atoms. The summed E-state index contributed by atoms with van der Waals surface area (Å²) in [6.07, 6.45) is 10.7. The molecule has 1 aliphatic heterocycles. The van der Waals surface area contributed by atoms with E-state index in [0.717, 1.165) is 6.54 Å². The van der Waals surface area contributed by atoms with E-state index in [1.807, 2.05) is 0 Å². The lowest BCUT2D eigenvalue weighted by Gasteiger charge is -2.45. The van der Waals surface area contributed by atoms with Crippen LogP contribution in [-0.4, -0.2) is 49.3 Å². The summed E-state index contributed by atoms with van der Waals surface area (Å²) < 4.78 is 0. The van der Waals surface area contributed by atoms with Crippen molar-refractivity contribution in [2.45, 2.75) is 57.4 Å². The van der Waals surface area contributed by atoms with Crippen molar-refractivity contribution in [3.8, 4) is 0 Å². The molecule has 106 valence electrons. The topological polar surface area (TPSA) is 35.5 Å². The number of rotatable bonds is 5. The molecule has 0 radical (unpaired) electrons. The van der Waals surface area contributed by atoms with Crippen LogP contribution in [0.3, 0.4) is 0 Å². The first-order chi connectivity index (χ1) is 8.79. The molecule has 0 aromatic carbocycles. The fourth-order valence-corrected chi connectivity index (χ4v) is 3.97. The van der Waals surface area contributed by atoms with E-state index in [1.165, 1.54) is 64.5 Å². The number of nitrogens with one attached hydrogen (secondary N) is 1. The summed E-state index contributed by atoms with van der Waals surface area (Å²) in [6, 6.07) is 0.425. The lowest BCUT2D eigenvalue weighted by atomic mass is 9.73. The van der Waals surface area contributed by atoms with Gasteiger partial charge >= 0.3 is 0 Å². The molecule has 0 bridgehead atoms. The van der Waals surface area contributed by atoms with E-state index in [2.05, 4.69) is 17.3 Å². The van der Waals surface area contributed by atoms with Crippen molar-refractivity contribution >= 4 is 0 Å². The highest BCUT2D eigenvalue weighted by Crippen LogP contribution is 2.37. The molecule has 1 saturated carbocycles. The minimum Gasteiger partial charge on any atom is -0.395 e. The molecular weight excluding hydrogens is 224 g/mol. The van der Waals surface area contributed by atoms with E-state index in [9.17, 15) is 5.11 Å². The second-order valence-corrected chi connectivity index (χ2v) is 6.39. The molecule has 2 rings (SSSR count). The van der Waals surface area contributed by atoms with Crippen LogP contribution < -0.4 is 5.32 Å². The molecule has 0 aromatic heterocycles. The van der Waals surface area contributed by atoms with Crippen LogP contribution in [0.5, 0.6) is 0 Å². The summed E-state index contributed by atoms with van der Waals surface area (Å²) in [5.41, 5.74) is 0.470. The van der Waals surface area contributed by atoms with Crippen LogP contribution in [0.15, 0.2) is 0 Å². The van der Waals surface area contributed by atoms with Crippen molar-refractivity contribution in [2.75, 3.05) is 33.3 Å². The third-order valence-corrected chi connectivity index (χ3v) is 4.96. The van der Waals surface area contributed by atoms with Gasteiger partial charge in [-0.15, -0.1) is 0 Å². The summed E-state index contributed by atoms with van der Waals surface area (Å²) in [5, 5.41) is 13.0. The van der Waals surface area contributed by atoms with E-state index in [0.29, 0.717) is 18.1 Å². The quantitative estimate of drug-likeness (QED) is 0.788. The van der Waals surface area contributed by atoms with Crippen LogP contribution in [0, 0.1) is 5.41 Å². The molecule has 18 heavy (non-hydrogen) atoms. The smallest absolute Gasteiger partial charge is 0.0586 e. The van der Waals surface area contributed by atoms with Crippen molar-refractivity contribution < 1.29 is 5.11 Å². The van der Waals surface area contributed by atoms with Gasteiger partial charge in [-0.1, -0.05) is 25.7 Å². The van der Waals surface area contributed by atoms with Gasteiger partial charge in [0.15, 0.2) is 0 Å². The SMILES string of the molecule is CNCC1(CN2CCCCC2CO)CCCCC1. The molecule has 2 N–H and O–H groups in total. The highest BCUT2D eigenvalue weighted by Gasteiger charge is 2.35. The van der Waals surface area contributed by atoms with Crippen LogP contribution >= 0.6 is 0 Å². The third kappa shape index (κ3) is 3.46. The van der Waals surface area contributed by atoms with Gasteiger partial charge in [0, 0.05) is 19.1 Å². The standard InChI is InChI=1S/C15H30N2O/c1-16-12-15(8-4-2-5-9-15)13-17-10-6-3-7-14(17)11-18/h14,16,18H,2-13H2,1H3. The Hall–Kier alpha value is -0.120. The average molecular weight is 254 g/mol. The lowest BCUT2D eigenvalue weighted by molar-refractivity contribution is 0.0318. The normalized spacial score (nSPS) is 29.3. The van der Waals surface area contributed by atoms with Gasteiger partial charge < -0.3 is 10.4 Å². The predicted molar refractivity (Wildman–Crippen MR) is 75.7 cm³/mol. The minimum absolute atomic E-state index is 0.343. The maximum atomic E-state index is 9.55. The first-order valence-electron chi connectivity index (χ1n) is 7.79. The fourth-order valence-electron chi connectivity index (χ4n) is 3.97. The molecule has 0 amide bonds. The molecule has 2 aliphatic rings. The minimum atomic E-state index is 0.343. The fraction of sp³-hybridized carbons (Fsp3) is 1.00. The Morgan fingerprint density at radius 3 is 2.61 bits per heavy atom. The maximum absolute atomic E-state index is 9.55. The van der Waals surface area contributed by atoms with Gasteiger partial charge in [-0.2, -0.15) is 0 Å². The molecular formula is C15H30N2O. The molecule has 1 aliphatic carbocycles. The van der Waals surface area contributed by atoms with E-state index in [-0.39, 0.29) is 0 Å². The van der Waals surface area contributed by atoms with Gasteiger partial charge in [0.2, 0.25) is 0 Å². The van der Waals surface area contributed by atoms with Crippen LogP contribution in [0.25, 0.3) is 0 Å². The van der Waals surface area contributed by atoms with Crippen LogP contribution in [-0.2, 0) is 0 Å². The largest absolute Gasteiger partial charge is 0.395 e. The Labute approximate surface area is 112 Å². The molecule has 1 saturated heterocycles. The van der Waals surface area contributed by atoms with Gasteiger partial charge in [-0.3, -0.25) is 4.90 Å². The second kappa shape index (κ2) is 6.88. The molecule has 0 aromatic rings. The first-order valence-corrected chi connectivity index (χ1v) is 7.79. The van der Waals surface area contributed by atoms with Gasteiger partial charge in [0.05, 0.1) is 6.61 Å². The third-order valence-electron chi connectivity index (χ3n) is 4.96. The van der Waals surface area contributed by atoms with Crippen LogP contribution in [0.1, 0.15) is 51.4 Å². The number of likely N-dealkylation sites (tertiary alicyclic amines) is 1. The summed E-state index contributed by atoms with van der Waals surface area (Å²) in [6.45, 7) is 3.87. The van der Waals surface area contributed by atoms with E-state index in [4.69, 9.17) is 0 Å². The molecule has 3 nitrogen and oxygen atoms in total. The second-order valence-electron chi connectivity index (χ2n) is 6.39. The first kappa shape index (κ1) is 14.3. The summed E-state index contributed by atoms with van der Waals surface area (Å²) >= 11 is 0. The molecule has 1 unspecified atom stereocenters. The number of aliphatic hydroxyl groups is 1. The summed E-state index contributed by atoms with van der Waals surface area (Å²) in [4.78, 5) is 2.58. The number of piperidine rings is 1. The van der Waals surface area contributed by atoms with Gasteiger partial charge in [-0.05, 0) is 44.7 Å². The molecule has 2 fully saturated rings.